The maximum atomic E-state index is 13.2. The van der Waals surface area contributed by atoms with Crippen LogP contribution in [0.3, 0.4) is 0 Å². The number of methoxy groups -OCH3 is 1. The normalized spacial score (nSPS) is 14.2. The van der Waals surface area contributed by atoms with Gasteiger partial charge in [0.05, 0.1) is 28.8 Å². The Bertz CT molecular complexity index is 1140. The Balaban J connectivity index is 1.91. The number of rotatable bonds is 9. The van der Waals surface area contributed by atoms with Crippen molar-refractivity contribution in [2.45, 2.75) is 56.5 Å². The molecule has 32 heavy (non-hydrogen) atoms. The first kappa shape index (κ1) is 24.0. The third kappa shape index (κ3) is 5.22. The number of carbonyl (C=O) groups excluding carboxylic acids is 1. The van der Waals surface area contributed by atoms with E-state index < -0.39 is 5.25 Å². The molecule has 170 valence electrons. The Morgan fingerprint density at radius 2 is 1.81 bits per heavy atom. The van der Waals surface area contributed by atoms with Gasteiger partial charge in [0.1, 0.15) is 0 Å². The molecule has 0 fully saturated rings. The molecule has 0 saturated carbocycles. The number of thioether (sulfide) groups is 1. The zero-order chi connectivity index (χ0) is 23.3. The van der Waals surface area contributed by atoms with Gasteiger partial charge in [0.25, 0.3) is 5.56 Å². The monoisotopic (exact) mass is 453 g/mol. The first-order chi connectivity index (χ1) is 15.4. The average Bonchev–Trinajstić information content (AvgIpc) is 2.79. The number of fused-ring (bicyclic) bond motifs is 1. The maximum absolute atomic E-state index is 13.2. The molecule has 6 nitrogen and oxygen atoms in total. The SMILES string of the molecule is CC[C@@H](C)c1ccccc1NC(=O)[C@@H](C)Sc1nc2ccccc2c(=O)n1[C@@H](C)COC. The Hall–Kier alpha value is -2.64. The molecule has 0 spiro atoms. The molecule has 1 amide bonds. The fourth-order valence-electron chi connectivity index (χ4n) is 3.62. The third-order valence-corrected chi connectivity index (χ3v) is 6.70. The zero-order valence-corrected chi connectivity index (χ0v) is 20.1. The molecule has 0 aliphatic heterocycles. The summed E-state index contributed by atoms with van der Waals surface area (Å²) in [6.07, 6.45) is 0.988. The van der Waals surface area contributed by atoms with E-state index in [1.807, 2.05) is 50.2 Å². The largest absolute Gasteiger partial charge is 0.383 e. The van der Waals surface area contributed by atoms with Gasteiger partial charge in [0.15, 0.2) is 5.16 Å². The van der Waals surface area contributed by atoms with Crippen LogP contribution in [-0.4, -0.2) is 34.4 Å². The van der Waals surface area contributed by atoms with Crippen molar-refractivity contribution in [1.82, 2.24) is 9.55 Å². The number of hydrogen-bond donors (Lipinski definition) is 1. The van der Waals surface area contributed by atoms with Crippen LogP contribution < -0.4 is 10.9 Å². The zero-order valence-electron chi connectivity index (χ0n) is 19.3. The van der Waals surface area contributed by atoms with E-state index in [9.17, 15) is 9.59 Å². The summed E-state index contributed by atoms with van der Waals surface area (Å²) in [6.45, 7) is 8.40. The predicted octanol–water partition coefficient (Wildman–Crippen LogP) is 5.24. The van der Waals surface area contributed by atoms with Gasteiger partial charge in [-0.3, -0.25) is 14.2 Å². The van der Waals surface area contributed by atoms with E-state index in [1.54, 1.807) is 17.7 Å². The van der Waals surface area contributed by atoms with Crippen molar-refractivity contribution in [3.63, 3.8) is 0 Å². The molecule has 0 aliphatic carbocycles. The highest BCUT2D eigenvalue weighted by Crippen LogP contribution is 2.29. The fraction of sp³-hybridized carbons (Fsp3) is 0.400. The summed E-state index contributed by atoms with van der Waals surface area (Å²) < 4.78 is 6.91. The second kappa shape index (κ2) is 10.8. The number of amides is 1. The lowest BCUT2D eigenvalue weighted by Crippen LogP contribution is -2.30. The second-order valence-corrected chi connectivity index (χ2v) is 9.34. The number of anilines is 1. The predicted molar refractivity (Wildman–Crippen MR) is 132 cm³/mol. The standard InChI is InChI=1S/C25H31N3O3S/c1-6-16(2)19-11-7-9-13-21(19)26-23(29)18(4)32-25-27-22-14-10-8-12-20(22)24(30)28(25)17(3)15-31-5/h7-14,16-18H,6,15H2,1-5H3,(H,26,29)/t16-,17+,18-/m1/s1. The molecule has 7 heteroatoms. The molecular weight excluding hydrogens is 422 g/mol. The van der Waals surface area contributed by atoms with Gasteiger partial charge < -0.3 is 10.1 Å². The van der Waals surface area contributed by atoms with Crippen LogP contribution >= 0.6 is 11.8 Å². The van der Waals surface area contributed by atoms with Crippen LogP contribution in [0.2, 0.25) is 0 Å². The quantitative estimate of drug-likeness (QED) is 0.354. The van der Waals surface area contributed by atoms with E-state index in [0.29, 0.717) is 28.6 Å². The van der Waals surface area contributed by atoms with Crippen molar-refractivity contribution >= 4 is 34.3 Å². The lowest BCUT2D eigenvalue weighted by molar-refractivity contribution is -0.115. The van der Waals surface area contributed by atoms with Gasteiger partial charge in [-0.15, -0.1) is 0 Å². The lowest BCUT2D eigenvalue weighted by Gasteiger charge is -2.21. The van der Waals surface area contributed by atoms with E-state index in [1.165, 1.54) is 11.8 Å². The lowest BCUT2D eigenvalue weighted by atomic mass is 9.97. The van der Waals surface area contributed by atoms with Crippen LogP contribution in [0.4, 0.5) is 5.69 Å². The molecular formula is C25H31N3O3S. The Kier molecular flexibility index (Phi) is 8.10. The molecule has 3 rings (SSSR count). The van der Waals surface area contributed by atoms with E-state index in [-0.39, 0.29) is 17.5 Å². The number of carbonyl (C=O) groups is 1. The van der Waals surface area contributed by atoms with Crippen molar-refractivity contribution < 1.29 is 9.53 Å². The number of para-hydroxylation sites is 2. The van der Waals surface area contributed by atoms with Crippen LogP contribution in [0.25, 0.3) is 10.9 Å². The Morgan fingerprint density at radius 1 is 1.12 bits per heavy atom. The van der Waals surface area contributed by atoms with E-state index in [2.05, 4.69) is 25.2 Å². The summed E-state index contributed by atoms with van der Waals surface area (Å²) in [7, 11) is 1.60. The molecule has 0 aliphatic rings. The van der Waals surface area contributed by atoms with Gasteiger partial charge in [0, 0.05) is 12.8 Å². The highest BCUT2D eigenvalue weighted by atomic mass is 32.2. The molecule has 3 aromatic rings. The van der Waals surface area contributed by atoms with E-state index in [4.69, 9.17) is 9.72 Å². The summed E-state index contributed by atoms with van der Waals surface area (Å²) in [6, 6.07) is 15.0. The van der Waals surface area contributed by atoms with Crippen molar-refractivity contribution in [1.29, 1.82) is 0 Å². The third-order valence-electron chi connectivity index (χ3n) is 5.64. The van der Waals surface area contributed by atoms with Crippen LogP contribution in [0.15, 0.2) is 58.5 Å². The minimum atomic E-state index is -0.450. The fourth-order valence-corrected chi connectivity index (χ4v) is 4.63. The van der Waals surface area contributed by atoms with Crippen molar-refractivity contribution in [2.75, 3.05) is 19.0 Å². The number of benzene rings is 2. The van der Waals surface area contributed by atoms with Crippen molar-refractivity contribution in [3.05, 3.63) is 64.4 Å². The summed E-state index contributed by atoms with van der Waals surface area (Å²) in [5, 5.41) is 3.69. The van der Waals surface area contributed by atoms with Gasteiger partial charge in [-0.1, -0.05) is 55.9 Å². The summed E-state index contributed by atoms with van der Waals surface area (Å²) in [5.41, 5.74) is 2.44. The smallest absolute Gasteiger partial charge is 0.262 e. The first-order valence-corrected chi connectivity index (χ1v) is 11.8. The van der Waals surface area contributed by atoms with Crippen molar-refractivity contribution in [3.8, 4) is 0 Å². The van der Waals surface area contributed by atoms with Crippen LogP contribution in [0, 0.1) is 0 Å². The van der Waals surface area contributed by atoms with Gasteiger partial charge in [0.2, 0.25) is 5.91 Å². The average molecular weight is 454 g/mol. The molecule has 1 N–H and O–H groups in total. The highest BCUT2D eigenvalue weighted by molar-refractivity contribution is 8.00. The van der Waals surface area contributed by atoms with Crippen LogP contribution in [-0.2, 0) is 9.53 Å². The van der Waals surface area contributed by atoms with Crippen molar-refractivity contribution in [2.24, 2.45) is 0 Å². The van der Waals surface area contributed by atoms with Crippen LogP contribution in [0.1, 0.15) is 51.6 Å². The molecule has 0 radical (unpaired) electrons. The molecule has 3 atom stereocenters. The molecule has 1 heterocycles. The minimum absolute atomic E-state index is 0.126. The summed E-state index contributed by atoms with van der Waals surface area (Å²) in [4.78, 5) is 31.0. The topological polar surface area (TPSA) is 73.2 Å². The molecule has 2 aromatic carbocycles. The number of aromatic nitrogens is 2. The summed E-state index contributed by atoms with van der Waals surface area (Å²) >= 11 is 1.29. The number of nitrogens with one attached hydrogen (secondary N) is 1. The first-order valence-electron chi connectivity index (χ1n) is 10.9. The van der Waals surface area contributed by atoms with Gasteiger partial charge in [-0.25, -0.2) is 4.98 Å². The molecule has 0 bridgehead atoms. The number of ether oxygens (including phenoxy) is 1. The van der Waals surface area contributed by atoms with E-state index >= 15 is 0 Å². The number of nitrogens with zero attached hydrogens (tertiary/aromatic N) is 2. The van der Waals surface area contributed by atoms with Crippen LogP contribution in [0.5, 0.6) is 0 Å². The molecule has 1 aromatic heterocycles. The molecule has 0 unspecified atom stereocenters. The van der Waals surface area contributed by atoms with E-state index in [0.717, 1.165) is 17.7 Å². The minimum Gasteiger partial charge on any atom is -0.383 e. The maximum Gasteiger partial charge on any atom is 0.262 e. The second-order valence-electron chi connectivity index (χ2n) is 8.04. The van der Waals surface area contributed by atoms with Gasteiger partial charge >= 0.3 is 0 Å². The number of hydrogen-bond acceptors (Lipinski definition) is 5. The Labute approximate surface area is 193 Å². The Morgan fingerprint density at radius 3 is 2.53 bits per heavy atom. The summed E-state index contributed by atoms with van der Waals surface area (Å²) in [5.74, 6) is 0.218. The molecule has 0 saturated heterocycles. The van der Waals surface area contributed by atoms with Gasteiger partial charge in [-0.2, -0.15) is 0 Å². The van der Waals surface area contributed by atoms with Gasteiger partial charge in [-0.05, 0) is 49.9 Å². The highest BCUT2D eigenvalue weighted by Gasteiger charge is 2.23.